The van der Waals surface area contributed by atoms with Crippen LogP contribution in [0.15, 0.2) is 109 Å². The van der Waals surface area contributed by atoms with Gasteiger partial charge in [0, 0.05) is 18.7 Å². The summed E-state index contributed by atoms with van der Waals surface area (Å²) in [4.78, 5) is 29.0. The van der Waals surface area contributed by atoms with Crippen molar-refractivity contribution in [3.8, 4) is 0 Å². The fourth-order valence-corrected chi connectivity index (χ4v) is 8.60. The van der Waals surface area contributed by atoms with Gasteiger partial charge >= 0.3 is 5.97 Å². The third-order valence-electron chi connectivity index (χ3n) is 7.95. The van der Waals surface area contributed by atoms with Crippen molar-refractivity contribution in [2.45, 2.75) is 44.0 Å². The summed E-state index contributed by atoms with van der Waals surface area (Å²) in [5.74, 6) is -0.789. The van der Waals surface area contributed by atoms with Gasteiger partial charge in [-0.15, -0.1) is 0 Å². The number of benzene rings is 4. The van der Waals surface area contributed by atoms with E-state index in [9.17, 15) is 14.7 Å². The van der Waals surface area contributed by atoms with Gasteiger partial charge in [-0.3, -0.25) is 19.4 Å². The molecule has 4 aromatic rings. The van der Waals surface area contributed by atoms with E-state index in [1.54, 1.807) is 0 Å². The second kappa shape index (κ2) is 12.0. The quantitative estimate of drug-likeness (QED) is 0.296. The number of carboxylic acid groups (broad SMARTS) is 1. The molecule has 0 aromatic heterocycles. The second-order valence-corrected chi connectivity index (χ2v) is 12.8. The van der Waals surface area contributed by atoms with Gasteiger partial charge in [0.15, 0.2) is 0 Å². The van der Waals surface area contributed by atoms with Crippen molar-refractivity contribution >= 4 is 41.4 Å². The molecule has 208 valence electrons. The van der Waals surface area contributed by atoms with Crippen molar-refractivity contribution in [2.24, 2.45) is 0 Å². The molecule has 0 aliphatic carbocycles. The molecule has 2 aliphatic rings. The Balaban J connectivity index is 1.43. The second-order valence-electron chi connectivity index (χ2n) is 10.7. The minimum absolute atomic E-state index is 0.00345. The number of aryl methyl sites for hydroxylation is 1. The number of carboxylic acids is 1. The lowest BCUT2D eigenvalue weighted by molar-refractivity contribution is -0.137. The predicted molar refractivity (Wildman–Crippen MR) is 164 cm³/mol. The number of fused-ring (bicyclic) bond motifs is 1. The highest BCUT2D eigenvalue weighted by molar-refractivity contribution is 7.79. The monoisotopic (exact) mass is 564 g/mol. The number of aliphatic hydroxyl groups is 1. The van der Waals surface area contributed by atoms with Crippen LogP contribution in [-0.4, -0.2) is 45.7 Å². The Morgan fingerprint density at radius 2 is 1.44 bits per heavy atom. The first-order valence-electron chi connectivity index (χ1n) is 14.1. The first-order valence-corrected chi connectivity index (χ1v) is 15.4. The zero-order valence-electron chi connectivity index (χ0n) is 22.7. The third-order valence-corrected chi connectivity index (χ3v) is 10.5. The van der Waals surface area contributed by atoms with Crippen LogP contribution in [0.1, 0.15) is 36.6 Å². The Morgan fingerprint density at radius 1 is 0.829 bits per heavy atom. The zero-order valence-corrected chi connectivity index (χ0v) is 23.6. The standard InChI is InChI=1S/C34H33N2O4P/c37-26-22-30-34(40)36(25-20-18-24(19-21-25)10-9-17-32(38)39)33(35(30)23-26)29-15-7-8-16-31(29)41(27-11-3-1-4-12-27)28-13-5-2-6-14-28/h1-8,11-16,18-21,26,30,33,37H,9-10,17,22-23H2,(H,38,39)/t26-,30+,33-/m1/s1. The van der Waals surface area contributed by atoms with Gasteiger partial charge in [0.05, 0.1) is 12.1 Å². The van der Waals surface area contributed by atoms with Gasteiger partial charge in [0.25, 0.3) is 0 Å². The molecular formula is C34H33N2O4P. The van der Waals surface area contributed by atoms with E-state index in [0.717, 1.165) is 16.8 Å². The number of aliphatic carboxylic acids is 1. The molecule has 0 spiro atoms. The molecule has 0 bridgehead atoms. The van der Waals surface area contributed by atoms with Crippen LogP contribution in [0.4, 0.5) is 5.69 Å². The van der Waals surface area contributed by atoms with Crippen molar-refractivity contribution in [1.29, 1.82) is 0 Å². The minimum atomic E-state index is -0.907. The molecule has 2 fully saturated rings. The lowest BCUT2D eigenvalue weighted by Crippen LogP contribution is -2.37. The molecule has 0 radical (unpaired) electrons. The molecule has 7 heteroatoms. The first kappa shape index (κ1) is 27.3. The topological polar surface area (TPSA) is 81.1 Å². The maximum Gasteiger partial charge on any atom is 0.303 e. The number of hydrogen-bond donors (Lipinski definition) is 2. The van der Waals surface area contributed by atoms with Gasteiger partial charge in [0.1, 0.15) is 6.17 Å². The predicted octanol–water partition coefficient (Wildman–Crippen LogP) is 4.33. The normalized spacial score (nSPS) is 20.5. The van der Waals surface area contributed by atoms with Crippen LogP contribution in [0.25, 0.3) is 0 Å². The number of amides is 1. The number of nitrogens with zero attached hydrogens (tertiary/aromatic N) is 2. The van der Waals surface area contributed by atoms with Gasteiger partial charge in [-0.25, -0.2) is 0 Å². The number of rotatable bonds is 9. The summed E-state index contributed by atoms with van der Waals surface area (Å²) in [6.07, 6.45) is 0.914. The van der Waals surface area contributed by atoms with Crippen LogP contribution in [0, 0.1) is 0 Å². The van der Waals surface area contributed by atoms with Crippen molar-refractivity contribution in [1.82, 2.24) is 4.90 Å². The van der Waals surface area contributed by atoms with Crippen LogP contribution in [-0.2, 0) is 16.0 Å². The van der Waals surface area contributed by atoms with Crippen LogP contribution >= 0.6 is 7.92 Å². The highest BCUT2D eigenvalue weighted by atomic mass is 31.1. The van der Waals surface area contributed by atoms with E-state index in [4.69, 9.17) is 5.11 Å². The summed E-state index contributed by atoms with van der Waals surface area (Å²) in [5.41, 5.74) is 2.93. The molecule has 6 nitrogen and oxygen atoms in total. The van der Waals surface area contributed by atoms with E-state index < -0.39 is 20.0 Å². The van der Waals surface area contributed by atoms with Crippen LogP contribution in [0.2, 0.25) is 0 Å². The fraction of sp³-hybridized carbons (Fsp3) is 0.235. The SMILES string of the molecule is O=C(O)CCCc1ccc(N2C(=O)[C@@H]3C[C@@H](O)CN3[C@H]2c2ccccc2P(c2ccccc2)c2ccccc2)cc1. The first-order chi connectivity index (χ1) is 20.0. The summed E-state index contributed by atoms with van der Waals surface area (Å²) < 4.78 is 0. The van der Waals surface area contributed by atoms with Gasteiger partial charge in [-0.1, -0.05) is 97.1 Å². The van der Waals surface area contributed by atoms with Crippen molar-refractivity contribution in [3.05, 3.63) is 120 Å². The largest absolute Gasteiger partial charge is 0.481 e. The Kier molecular flexibility index (Phi) is 7.97. The van der Waals surface area contributed by atoms with Crippen LogP contribution in [0.3, 0.4) is 0 Å². The minimum Gasteiger partial charge on any atom is -0.481 e. The van der Waals surface area contributed by atoms with E-state index >= 15 is 0 Å². The molecule has 41 heavy (non-hydrogen) atoms. The average Bonchev–Trinajstić information content (AvgIpc) is 3.50. The molecule has 1 amide bonds. The van der Waals surface area contributed by atoms with Gasteiger partial charge in [0.2, 0.25) is 5.91 Å². The molecule has 3 atom stereocenters. The smallest absolute Gasteiger partial charge is 0.303 e. The average molecular weight is 565 g/mol. The van der Waals surface area contributed by atoms with E-state index in [0.29, 0.717) is 25.8 Å². The van der Waals surface area contributed by atoms with Gasteiger partial charge < -0.3 is 10.2 Å². The third kappa shape index (κ3) is 5.56. The van der Waals surface area contributed by atoms with E-state index in [2.05, 4.69) is 71.6 Å². The highest BCUT2D eigenvalue weighted by Crippen LogP contribution is 2.45. The molecule has 6 rings (SSSR count). The van der Waals surface area contributed by atoms with Crippen molar-refractivity contribution in [2.75, 3.05) is 11.4 Å². The molecule has 2 saturated heterocycles. The van der Waals surface area contributed by atoms with Gasteiger partial charge in [-0.2, -0.15) is 0 Å². The van der Waals surface area contributed by atoms with E-state index in [-0.39, 0.29) is 24.5 Å². The number of carbonyl (C=O) groups is 2. The fourth-order valence-electron chi connectivity index (χ4n) is 6.12. The highest BCUT2D eigenvalue weighted by Gasteiger charge is 2.52. The number of carbonyl (C=O) groups excluding carboxylic acids is 1. The molecule has 0 unspecified atom stereocenters. The maximum atomic E-state index is 14.0. The lowest BCUT2D eigenvalue weighted by Gasteiger charge is -2.33. The van der Waals surface area contributed by atoms with Crippen LogP contribution < -0.4 is 20.8 Å². The number of hydrogen-bond acceptors (Lipinski definition) is 4. The lowest BCUT2D eigenvalue weighted by atomic mass is 10.1. The Hall–Kier alpha value is -3.83. The molecular weight excluding hydrogens is 531 g/mol. The van der Waals surface area contributed by atoms with Crippen LogP contribution in [0.5, 0.6) is 0 Å². The Labute approximate surface area is 241 Å². The Bertz CT molecular complexity index is 1470. The number of aliphatic hydroxyl groups excluding tert-OH is 1. The number of anilines is 1. The van der Waals surface area contributed by atoms with Crippen molar-refractivity contribution in [3.63, 3.8) is 0 Å². The maximum absolute atomic E-state index is 14.0. The van der Waals surface area contributed by atoms with Crippen molar-refractivity contribution < 1.29 is 19.8 Å². The van der Waals surface area contributed by atoms with E-state index in [1.165, 1.54) is 15.9 Å². The summed E-state index contributed by atoms with van der Waals surface area (Å²) in [6.45, 7) is 0.438. The van der Waals surface area contributed by atoms with Gasteiger partial charge in [-0.05, 0) is 66.4 Å². The zero-order chi connectivity index (χ0) is 28.3. The summed E-state index contributed by atoms with van der Waals surface area (Å²) in [7, 11) is -0.907. The summed E-state index contributed by atoms with van der Waals surface area (Å²) in [5, 5.41) is 23.3. The molecule has 2 heterocycles. The molecule has 0 saturated carbocycles. The Morgan fingerprint density at radius 3 is 2.07 bits per heavy atom. The summed E-state index contributed by atoms with van der Waals surface area (Å²) >= 11 is 0. The molecule has 2 N–H and O–H groups in total. The van der Waals surface area contributed by atoms with E-state index in [1.807, 2.05) is 47.4 Å². The molecule has 4 aromatic carbocycles. The molecule has 2 aliphatic heterocycles. The summed E-state index contributed by atoms with van der Waals surface area (Å²) in [6, 6.07) is 37.1.